The van der Waals surface area contributed by atoms with Gasteiger partial charge in [-0.25, -0.2) is 10.4 Å². The molecule has 0 bridgehead atoms. The van der Waals surface area contributed by atoms with E-state index >= 15 is 0 Å². The molecule has 4 heteroatoms. The van der Waals surface area contributed by atoms with Crippen molar-refractivity contribution in [3.8, 4) is 0 Å². The Balaban J connectivity index is 2.37. The van der Waals surface area contributed by atoms with Gasteiger partial charge in [-0.15, -0.1) is 0 Å². The van der Waals surface area contributed by atoms with Crippen molar-refractivity contribution in [3.63, 3.8) is 0 Å². The normalized spacial score (nSPS) is 19.1. The molecule has 106 valence electrons. The first-order chi connectivity index (χ1) is 8.07. The van der Waals surface area contributed by atoms with Gasteiger partial charge >= 0.3 is 0 Å². The number of carbonyl (C=O) groups excluding carboxylic acids is 1. The molecule has 1 saturated heterocycles. The van der Waals surface area contributed by atoms with Gasteiger partial charge in [-0.1, -0.05) is 20.8 Å². The van der Waals surface area contributed by atoms with E-state index in [2.05, 4.69) is 52.0 Å². The second-order valence-corrected chi connectivity index (χ2v) is 7.47. The van der Waals surface area contributed by atoms with Crippen LogP contribution in [-0.4, -0.2) is 47.5 Å². The molecule has 1 heterocycles. The van der Waals surface area contributed by atoms with E-state index in [1.54, 1.807) is 0 Å². The molecule has 4 nitrogen and oxygen atoms in total. The number of hydrogen-bond acceptors (Lipinski definition) is 3. The van der Waals surface area contributed by atoms with Gasteiger partial charge < -0.3 is 4.90 Å². The third kappa shape index (κ3) is 5.83. The molecular weight excluding hydrogens is 226 g/mol. The Kier molecular flexibility index (Phi) is 4.78. The van der Waals surface area contributed by atoms with Crippen LogP contribution in [0.4, 0.5) is 0 Å². The molecule has 0 radical (unpaired) electrons. The van der Waals surface area contributed by atoms with Gasteiger partial charge in [0.2, 0.25) is 5.91 Å². The zero-order chi connectivity index (χ0) is 14.0. The van der Waals surface area contributed by atoms with Gasteiger partial charge in [-0.3, -0.25) is 4.79 Å². The fourth-order valence-corrected chi connectivity index (χ4v) is 2.11. The summed E-state index contributed by atoms with van der Waals surface area (Å²) in [5.41, 5.74) is 3.64. The second-order valence-electron chi connectivity index (χ2n) is 7.47. The molecule has 0 aliphatic carbocycles. The van der Waals surface area contributed by atoms with Crippen molar-refractivity contribution in [1.82, 2.24) is 15.3 Å². The van der Waals surface area contributed by atoms with Crippen LogP contribution >= 0.6 is 0 Å². The summed E-state index contributed by atoms with van der Waals surface area (Å²) in [4.78, 5) is 14.1. The first kappa shape index (κ1) is 15.4. The van der Waals surface area contributed by atoms with Crippen molar-refractivity contribution in [2.45, 2.75) is 53.5 Å². The molecule has 1 aliphatic heterocycles. The average molecular weight is 255 g/mol. The standard InChI is InChI=1S/C14H29N3O/c1-13(2,3)11-12(18)16-7-9-17(10-8-16)15-14(4,5)6/h15H,7-11H2,1-6H3. The summed E-state index contributed by atoms with van der Waals surface area (Å²) in [5.74, 6) is 0.290. The van der Waals surface area contributed by atoms with Crippen LogP contribution in [0.1, 0.15) is 48.0 Å². The van der Waals surface area contributed by atoms with Crippen LogP contribution in [0.2, 0.25) is 0 Å². The molecule has 1 N–H and O–H groups in total. The molecule has 1 fully saturated rings. The zero-order valence-corrected chi connectivity index (χ0v) is 12.8. The second kappa shape index (κ2) is 5.57. The fraction of sp³-hybridized carbons (Fsp3) is 0.929. The summed E-state index contributed by atoms with van der Waals surface area (Å²) in [6.07, 6.45) is 0.639. The molecule has 0 aromatic carbocycles. The average Bonchev–Trinajstić information content (AvgIpc) is 2.13. The van der Waals surface area contributed by atoms with Crippen molar-refractivity contribution in [3.05, 3.63) is 0 Å². The Morgan fingerprint density at radius 2 is 1.50 bits per heavy atom. The number of amides is 1. The number of nitrogens with one attached hydrogen (secondary N) is 1. The Hall–Kier alpha value is -0.610. The topological polar surface area (TPSA) is 35.6 Å². The first-order valence-corrected chi connectivity index (χ1v) is 6.87. The zero-order valence-electron chi connectivity index (χ0n) is 12.8. The maximum Gasteiger partial charge on any atom is 0.223 e. The number of hydrogen-bond donors (Lipinski definition) is 1. The predicted octanol–water partition coefficient (Wildman–Crippen LogP) is 1.87. The van der Waals surface area contributed by atoms with Crippen LogP contribution < -0.4 is 5.43 Å². The number of piperazine rings is 1. The SMILES string of the molecule is CC(C)(C)CC(=O)N1CCN(NC(C)(C)C)CC1. The van der Waals surface area contributed by atoms with E-state index < -0.39 is 0 Å². The highest BCUT2D eigenvalue weighted by Gasteiger charge is 2.26. The van der Waals surface area contributed by atoms with Crippen LogP contribution in [0, 0.1) is 5.41 Å². The number of carbonyl (C=O) groups is 1. The van der Waals surface area contributed by atoms with E-state index in [9.17, 15) is 4.79 Å². The molecule has 0 aromatic heterocycles. The smallest absolute Gasteiger partial charge is 0.223 e. The van der Waals surface area contributed by atoms with Gasteiger partial charge in [-0.2, -0.15) is 0 Å². The van der Waals surface area contributed by atoms with E-state index in [1.165, 1.54) is 0 Å². The van der Waals surface area contributed by atoms with Gasteiger partial charge in [0.1, 0.15) is 0 Å². The highest BCUT2D eigenvalue weighted by atomic mass is 16.2. The molecular formula is C14H29N3O. The Bertz CT molecular complexity index is 280. The molecule has 1 rings (SSSR count). The van der Waals surface area contributed by atoms with E-state index in [4.69, 9.17) is 0 Å². The summed E-state index contributed by atoms with van der Waals surface area (Å²) in [5, 5.41) is 2.22. The number of hydrazine groups is 1. The van der Waals surface area contributed by atoms with Crippen LogP contribution in [0.15, 0.2) is 0 Å². The largest absolute Gasteiger partial charge is 0.340 e. The summed E-state index contributed by atoms with van der Waals surface area (Å²) in [6.45, 7) is 16.3. The van der Waals surface area contributed by atoms with Crippen LogP contribution in [0.3, 0.4) is 0 Å². The predicted molar refractivity (Wildman–Crippen MR) is 75.1 cm³/mol. The molecule has 0 spiro atoms. The third-order valence-corrected chi connectivity index (χ3v) is 2.81. The minimum atomic E-state index is 0.0812. The molecule has 18 heavy (non-hydrogen) atoms. The summed E-state index contributed by atoms with van der Waals surface area (Å²) in [6, 6.07) is 0. The summed E-state index contributed by atoms with van der Waals surface area (Å²) in [7, 11) is 0. The van der Waals surface area contributed by atoms with Gasteiger partial charge in [0, 0.05) is 38.1 Å². The molecule has 0 saturated carbocycles. The number of nitrogens with zero attached hydrogens (tertiary/aromatic N) is 2. The van der Waals surface area contributed by atoms with Crippen LogP contribution in [-0.2, 0) is 4.79 Å². The fourth-order valence-electron chi connectivity index (χ4n) is 2.11. The Morgan fingerprint density at radius 3 is 1.89 bits per heavy atom. The van der Waals surface area contributed by atoms with Crippen LogP contribution in [0.5, 0.6) is 0 Å². The van der Waals surface area contributed by atoms with Crippen molar-refractivity contribution >= 4 is 5.91 Å². The van der Waals surface area contributed by atoms with Gasteiger partial charge in [0.15, 0.2) is 0 Å². The lowest BCUT2D eigenvalue weighted by atomic mass is 9.91. The lowest BCUT2D eigenvalue weighted by Crippen LogP contribution is -2.58. The van der Waals surface area contributed by atoms with E-state index in [-0.39, 0.29) is 16.9 Å². The van der Waals surface area contributed by atoms with E-state index in [1.807, 2.05) is 4.90 Å². The lowest BCUT2D eigenvalue weighted by molar-refractivity contribution is -0.135. The van der Waals surface area contributed by atoms with E-state index in [0.717, 1.165) is 26.2 Å². The Labute approximate surface area is 112 Å². The van der Waals surface area contributed by atoms with Gasteiger partial charge in [-0.05, 0) is 26.2 Å². The quantitative estimate of drug-likeness (QED) is 0.818. The van der Waals surface area contributed by atoms with Gasteiger partial charge in [0.05, 0.1) is 0 Å². The van der Waals surface area contributed by atoms with Crippen molar-refractivity contribution in [1.29, 1.82) is 0 Å². The highest BCUT2D eigenvalue weighted by molar-refractivity contribution is 5.76. The van der Waals surface area contributed by atoms with Crippen LogP contribution in [0.25, 0.3) is 0 Å². The maximum atomic E-state index is 12.1. The van der Waals surface area contributed by atoms with Crippen molar-refractivity contribution < 1.29 is 4.79 Å². The molecule has 1 aliphatic rings. The maximum absolute atomic E-state index is 12.1. The minimum Gasteiger partial charge on any atom is -0.340 e. The summed E-state index contributed by atoms with van der Waals surface area (Å²) >= 11 is 0. The molecule has 1 amide bonds. The van der Waals surface area contributed by atoms with Crippen molar-refractivity contribution in [2.24, 2.45) is 5.41 Å². The Morgan fingerprint density at radius 1 is 1.00 bits per heavy atom. The first-order valence-electron chi connectivity index (χ1n) is 6.87. The number of rotatable bonds is 2. The molecule has 0 atom stereocenters. The lowest BCUT2D eigenvalue weighted by Gasteiger charge is -2.39. The summed E-state index contributed by atoms with van der Waals surface area (Å²) < 4.78 is 0. The highest BCUT2D eigenvalue weighted by Crippen LogP contribution is 2.20. The molecule has 0 aromatic rings. The molecule has 0 unspecified atom stereocenters. The monoisotopic (exact) mass is 255 g/mol. The van der Waals surface area contributed by atoms with Crippen molar-refractivity contribution in [2.75, 3.05) is 26.2 Å². The van der Waals surface area contributed by atoms with E-state index in [0.29, 0.717) is 6.42 Å². The van der Waals surface area contributed by atoms with Gasteiger partial charge in [0.25, 0.3) is 0 Å². The third-order valence-electron chi connectivity index (χ3n) is 2.81. The minimum absolute atomic E-state index is 0.0812.